The van der Waals surface area contributed by atoms with Crippen molar-refractivity contribution in [1.29, 1.82) is 0 Å². The van der Waals surface area contributed by atoms with Crippen molar-refractivity contribution in [2.24, 2.45) is 11.8 Å². The molecule has 4 atom stereocenters. The zero-order valence-electron chi connectivity index (χ0n) is 16.8. The highest BCUT2D eigenvalue weighted by atomic mass is 35.5. The maximum absolute atomic E-state index is 14.8. The van der Waals surface area contributed by atoms with Crippen molar-refractivity contribution in [3.05, 3.63) is 34.5 Å². The lowest BCUT2D eigenvalue weighted by Gasteiger charge is -2.43. The molecule has 1 aromatic carbocycles. The van der Waals surface area contributed by atoms with Crippen molar-refractivity contribution in [1.82, 2.24) is 9.88 Å². The predicted molar refractivity (Wildman–Crippen MR) is 117 cm³/mol. The molecule has 29 heavy (non-hydrogen) atoms. The van der Waals surface area contributed by atoms with E-state index >= 15 is 0 Å². The monoisotopic (exact) mass is 460 g/mol. The van der Waals surface area contributed by atoms with Crippen LogP contribution < -0.4 is 10.0 Å². The molecule has 0 amide bonds. The van der Waals surface area contributed by atoms with Crippen LogP contribution in [0.4, 0.5) is 15.2 Å². The van der Waals surface area contributed by atoms with Crippen molar-refractivity contribution < 1.29 is 12.8 Å². The number of sulfonamides is 1. The summed E-state index contributed by atoms with van der Waals surface area (Å²) in [4.78, 5) is 5.53. The number of nitrogens with one attached hydrogen (secondary N) is 2. The smallest absolute Gasteiger partial charge is 0.266 e. The molecule has 0 radical (unpaired) electrons. The average molecular weight is 461 g/mol. The summed E-state index contributed by atoms with van der Waals surface area (Å²) in [6.45, 7) is 4.46. The molecule has 0 saturated heterocycles. The Hall–Kier alpha value is -1.42. The molecule has 2 N–H and O–H groups in total. The van der Waals surface area contributed by atoms with E-state index in [2.05, 4.69) is 33.8 Å². The number of nitrogens with zero attached hydrogens (tertiary/aromatic N) is 2. The highest BCUT2D eigenvalue weighted by Crippen LogP contribution is 2.36. The molecule has 0 unspecified atom stereocenters. The third-order valence-corrected chi connectivity index (χ3v) is 8.13. The Morgan fingerprint density at radius 3 is 2.55 bits per heavy atom. The molecule has 3 rings (SSSR count). The Bertz CT molecular complexity index is 953. The number of thiazole rings is 1. The van der Waals surface area contributed by atoms with Crippen LogP contribution in [-0.2, 0) is 10.0 Å². The van der Waals surface area contributed by atoms with Crippen LogP contribution >= 0.6 is 22.9 Å². The van der Waals surface area contributed by atoms with Crippen LogP contribution in [0.1, 0.15) is 26.7 Å². The van der Waals surface area contributed by atoms with Crippen LogP contribution in [0.25, 0.3) is 0 Å². The standard InChI is InChI=1S/C19H26ClFN4O2S2/c1-11-7-16(17(25(3)4)8-12(11)2)23-15-10-14(21)18(9-13(15)20)29(26,27)24-19-22-5-6-28-19/h5-6,9-12,16-17,23H,7-8H2,1-4H3,(H,22,24)/t11-,12+,16-,17-/m0/s1. The van der Waals surface area contributed by atoms with Gasteiger partial charge in [-0.05, 0) is 50.9 Å². The van der Waals surface area contributed by atoms with E-state index in [1.54, 1.807) is 5.38 Å². The third kappa shape index (κ3) is 5.02. The van der Waals surface area contributed by atoms with E-state index in [4.69, 9.17) is 11.6 Å². The first kappa shape index (κ1) is 22.3. The maximum atomic E-state index is 14.8. The van der Waals surface area contributed by atoms with E-state index in [0.717, 1.165) is 36.3 Å². The second-order valence-electron chi connectivity index (χ2n) is 7.91. The number of hydrogen-bond acceptors (Lipinski definition) is 6. The summed E-state index contributed by atoms with van der Waals surface area (Å²) >= 11 is 7.46. The van der Waals surface area contributed by atoms with Crippen molar-refractivity contribution in [2.45, 2.75) is 43.7 Å². The molecule has 0 bridgehead atoms. The third-order valence-electron chi connectivity index (χ3n) is 5.64. The van der Waals surface area contributed by atoms with E-state index in [-0.39, 0.29) is 22.2 Å². The average Bonchev–Trinajstić information content (AvgIpc) is 3.12. The van der Waals surface area contributed by atoms with Crippen molar-refractivity contribution in [2.75, 3.05) is 24.1 Å². The fourth-order valence-electron chi connectivity index (χ4n) is 3.78. The number of likely N-dealkylation sites (N-methyl/N-ethyl adjacent to an activating group) is 1. The van der Waals surface area contributed by atoms with Crippen LogP contribution in [-0.4, -0.2) is 44.5 Å². The number of benzene rings is 1. The zero-order valence-corrected chi connectivity index (χ0v) is 19.2. The Labute approximate surface area is 180 Å². The second-order valence-corrected chi connectivity index (χ2v) is 10.9. The topological polar surface area (TPSA) is 74.3 Å². The molecular weight excluding hydrogens is 435 g/mol. The van der Waals surface area contributed by atoms with Gasteiger partial charge in [0.25, 0.3) is 10.0 Å². The Balaban J connectivity index is 1.85. The SMILES string of the molecule is C[C@@H]1C[C@H](N(C)C)[C@@H](Nc2cc(F)c(S(=O)(=O)Nc3nccs3)cc2Cl)C[C@@H]1C. The van der Waals surface area contributed by atoms with E-state index < -0.39 is 20.7 Å². The van der Waals surface area contributed by atoms with E-state index in [9.17, 15) is 12.8 Å². The molecule has 1 aliphatic carbocycles. The Morgan fingerprint density at radius 2 is 1.93 bits per heavy atom. The molecule has 160 valence electrons. The Morgan fingerprint density at radius 1 is 1.24 bits per heavy atom. The number of anilines is 2. The summed E-state index contributed by atoms with van der Waals surface area (Å²) in [5, 5.41) is 5.31. The normalized spacial score (nSPS) is 25.2. The highest BCUT2D eigenvalue weighted by Gasteiger charge is 2.34. The summed E-state index contributed by atoms with van der Waals surface area (Å²) < 4.78 is 42.1. The van der Waals surface area contributed by atoms with Crippen LogP contribution in [0, 0.1) is 17.7 Å². The number of aromatic nitrogens is 1. The van der Waals surface area contributed by atoms with Gasteiger partial charge >= 0.3 is 0 Å². The molecule has 0 spiro atoms. The fourth-order valence-corrected chi connectivity index (χ4v) is 5.94. The van der Waals surface area contributed by atoms with Crippen LogP contribution in [0.3, 0.4) is 0 Å². The molecule has 1 fully saturated rings. The van der Waals surface area contributed by atoms with Gasteiger partial charge in [-0.15, -0.1) is 11.3 Å². The van der Waals surface area contributed by atoms with Crippen molar-refractivity contribution in [3.63, 3.8) is 0 Å². The van der Waals surface area contributed by atoms with Gasteiger partial charge in [0.1, 0.15) is 10.7 Å². The molecule has 1 aromatic heterocycles. The zero-order chi connectivity index (χ0) is 21.3. The van der Waals surface area contributed by atoms with Crippen LogP contribution in [0.5, 0.6) is 0 Å². The quantitative estimate of drug-likeness (QED) is 0.663. The number of halogens is 2. The van der Waals surface area contributed by atoms with Crippen molar-refractivity contribution in [3.8, 4) is 0 Å². The number of rotatable bonds is 6. The Kier molecular flexibility index (Phi) is 6.72. The lowest BCUT2D eigenvalue weighted by atomic mass is 9.75. The predicted octanol–water partition coefficient (Wildman–Crippen LogP) is 4.51. The minimum Gasteiger partial charge on any atom is -0.379 e. The van der Waals surface area contributed by atoms with Gasteiger partial charge in [0.15, 0.2) is 5.13 Å². The van der Waals surface area contributed by atoms with E-state index in [1.165, 1.54) is 6.20 Å². The molecule has 1 aliphatic rings. The maximum Gasteiger partial charge on any atom is 0.266 e. The molecule has 1 saturated carbocycles. The van der Waals surface area contributed by atoms with Gasteiger partial charge in [-0.2, -0.15) is 0 Å². The minimum absolute atomic E-state index is 0.0870. The molecule has 1 heterocycles. The second kappa shape index (κ2) is 8.75. The molecule has 6 nitrogen and oxygen atoms in total. The van der Waals surface area contributed by atoms with E-state index in [1.807, 2.05) is 14.1 Å². The summed E-state index contributed by atoms with van der Waals surface area (Å²) in [7, 11) is -0.0602. The minimum atomic E-state index is -4.12. The lowest BCUT2D eigenvalue weighted by Crippen LogP contribution is -2.49. The number of hydrogen-bond donors (Lipinski definition) is 2. The van der Waals surface area contributed by atoms with Gasteiger partial charge in [-0.25, -0.2) is 17.8 Å². The first-order valence-electron chi connectivity index (χ1n) is 9.42. The first-order valence-corrected chi connectivity index (χ1v) is 12.2. The summed E-state index contributed by atoms with van der Waals surface area (Å²) in [6.07, 6.45) is 3.41. The van der Waals surface area contributed by atoms with Gasteiger partial charge in [-0.3, -0.25) is 4.72 Å². The summed E-state index contributed by atoms with van der Waals surface area (Å²) in [5.41, 5.74) is 0.399. The van der Waals surface area contributed by atoms with Gasteiger partial charge < -0.3 is 10.2 Å². The van der Waals surface area contributed by atoms with Crippen LogP contribution in [0.2, 0.25) is 5.02 Å². The van der Waals surface area contributed by atoms with Gasteiger partial charge in [0.2, 0.25) is 0 Å². The highest BCUT2D eigenvalue weighted by molar-refractivity contribution is 7.93. The lowest BCUT2D eigenvalue weighted by molar-refractivity contribution is 0.138. The molecular formula is C19H26ClFN4O2S2. The first-order chi connectivity index (χ1) is 13.6. The van der Waals surface area contributed by atoms with Gasteiger partial charge in [0, 0.05) is 23.7 Å². The van der Waals surface area contributed by atoms with Crippen LogP contribution in [0.15, 0.2) is 28.6 Å². The summed E-state index contributed by atoms with van der Waals surface area (Å²) in [6, 6.07) is 2.67. The molecule has 2 aromatic rings. The van der Waals surface area contributed by atoms with Gasteiger partial charge in [0.05, 0.1) is 10.7 Å². The van der Waals surface area contributed by atoms with E-state index in [0.29, 0.717) is 17.5 Å². The van der Waals surface area contributed by atoms with Gasteiger partial charge in [-0.1, -0.05) is 25.4 Å². The fraction of sp³-hybridized carbons (Fsp3) is 0.526. The largest absolute Gasteiger partial charge is 0.379 e. The van der Waals surface area contributed by atoms with Crippen molar-refractivity contribution >= 4 is 43.8 Å². The molecule has 10 heteroatoms. The molecule has 0 aliphatic heterocycles. The summed E-state index contributed by atoms with van der Waals surface area (Å²) in [5.74, 6) is 0.256.